The minimum Gasteiger partial charge on any atom is -0.394 e. The van der Waals surface area contributed by atoms with Crippen LogP contribution in [0.15, 0.2) is 0 Å². The Bertz CT molecular complexity index is 233. The zero-order valence-corrected chi connectivity index (χ0v) is 10.6. The van der Waals surface area contributed by atoms with Gasteiger partial charge in [0.2, 0.25) is 5.91 Å². The Morgan fingerprint density at radius 2 is 2.00 bits per heavy atom. The minimum absolute atomic E-state index is 0. The molecule has 7 heteroatoms. The van der Waals surface area contributed by atoms with E-state index in [0.29, 0.717) is 19.5 Å². The molecule has 0 spiro atoms. The molecule has 0 saturated carbocycles. The summed E-state index contributed by atoms with van der Waals surface area (Å²) < 4.78 is 0. The number of nitrogens with two attached hydrogens (primary N) is 1. The zero-order chi connectivity index (χ0) is 12.2. The molecule has 0 fully saturated rings. The molecule has 1 amide bonds. The molecule has 0 unspecified atom stereocenters. The largest absolute Gasteiger partial charge is 0.394 e. The van der Waals surface area contributed by atoms with E-state index in [4.69, 9.17) is 16.1 Å². The predicted octanol–water partition coefficient (Wildman–Crippen LogP) is -0.873. The van der Waals surface area contributed by atoms with E-state index in [1.54, 1.807) is 0 Å². The molecule has 5 N–H and O–H groups in total. The molecule has 0 aromatic carbocycles. The van der Waals surface area contributed by atoms with Gasteiger partial charge in [-0.05, 0) is 19.4 Å². The lowest BCUT2D eigenvalue weighted by Crippen LogP contribution is -2.43. The lowest BCUT2D eigenvalue weighted by Gasteiger charge is -2.09. The first-order valence-corrected chi connectivity index (χ1v) is 5.44. The Kier molecular flexibility index (Phi) is 14.4. The highest BCUT2D eigenvalue weighted by atomic mass is 35.5. The summed E-state index contributed by atoms with van der Waals surface area (Å²) in [7, 11) is 0. The fourth-order valence-corrected chi connectivity index (χ4v) is 1.07. The van der Waals surface area contributed by atoms with Crippen LogP contribution >= 0.6 is 12.4 Å². The van der Waals surface area contributed by atoms with Crippen LogP contribution in [0.25, 0.3) is 0 Å². The summed E-state index contributed by atoms with van der Waals surface area (Å²) in [6.45, 7) is 1.77. The lowest BCUT2D eigenvalue weighted by molar-refractivity contribution is -0.123. The van der Waals surface area contributed by atoms with Gasteiger partial charge < -0.3 is 21.5 Å². The van der Waals surface area contributed by atoms with Crippen molar-refractivity contribution in [1.29, 1.82) is 5.26 Å². The summed E-state index contributed by atoms with van der Waals surface area (Å²) in [4.78, 5) is 11.1. The van der Waals surface area contributed by atoms with Gasteiger partial charge in [-0.2, -0.15) is 5.26 Å². The molecule has 0 aromatic heterocycles. The molecule has 0 aromatic rings. The molecule has 0 heterocycles. The molecule has 0 aliphatic heterocycles. The summed E-state index contributed by atoms with van der Waals surface area (Å²) in [6, 6.07) is 1.22. The Balaban J connectivity index is 0. The van der Waals surface area contributed by atoms with Crippen LogP contribution in [-0.2, 0) is 4.79 Å². The fraction of sp³-hybridized carbons (Fsp3) is 0.800. The van der Waals surface area contributed by atoms with E-state index in [-0.39, 0.29) is 24.9 Å². The molecular weight excluding hydrogens is 244 g/mol. The molecule has 0 rings (SSSR count). The number of aliphatic hydroxyl groups excluding tert-OH is 1. The van der Waals surface area contributed by atoms with Gasteiger partial charge in [0.15, 0.2) is 0 Å². The van der Waals surface area contributed by atoms with Crippen LogP contribution in [0.1, 0.15) is 19.3 Å². The van der Waals surface area contributed by atoms with Gasteiger partial charge in [0, 0.05) is 19.5 Å². The molecule has 0 bridgehead atoms. The first kappa shape index (κ1) is 18.5. The van der Waals surface area contributed by atoms with Gasteiger partial charge in [-0.15, -0.1) is 12.4 Å². The van der Waals surface area contributed by atoms with E-state index in [1.165, 1.54) is 0 Å². The highest BCUT2D eigenvalue weighted by Gasteiger charge is 2.09. The van der Waals surface area contributed by atoms with Gasteiger partial charge in [-0.3, -0.25) is 4.79 Å². The number of nitriles is 1. The molecule has 6 nitrogen and oxygen atoms in total. The maximum atomic E-state index is 11.1. The maximum Gasteiger partial charge on any atom is 0.239 e. The number of carbonyl (C=O) groups excluding carboxylic acids is 1. The van der Waals surface area contributed by atoms with Crippen molar-refractivity contribution in [2.24, 2.45) is 5.73 Å². The van der Waals surface area contributed by atoms with Gasteiger partial charge in [-0.25, -0.2) is 0 Å². The van der Waals surface area contributed by atoms with Crippen molar-refractivity contribution in [2.45, 2.75) is 25.3 Å². The molecule has 100 valence electrons. The summed E-state index contributed by atoms with van der Waals surface area (Å²) in [6.07, 6.45) is 2.30. The highest BCUT2D eigenvalue weighted by Crippen LogP contribution is 1.86. The van der Waals surface area contributed by atoms with Crippen LogP contribution in [0.2, 0.25) is 0 Å². The van der Waals surface area contributed by atoms with Crippen LogP contribution in [0.3, 0.4) is 0 Å². The molecule has 1 atom stereocenters. The van der Waals surface area contributed by atoms with E-state index in [1.807, 2.05) is 6.07 Å². The Labute approximate surface area is 108 Å². The van der Waals surface area contributed by atoms with Crippen molar-refractivity contribution in [3.8, 4) is 6.07 Å². The van der Waals surface area contributed by atoms with Crippen molar-refractivity contribution >= 4 is 18.3 Å². The average Bonchev–Trinajstić information content (AvgIpc) is 2.31. The quantitative estimate of drug-likeness (QED) is 0.405. The van der Waals surface area contributed by atoms with Crippen LogP contribution < -0.4 is 16.4 Å². The van der Waals surface area contributed by atoms with Gasteiger partial charge in [-0.1, -0.05) is 0 Å². The molecule has 0 aliphatic rings. The number of hydrogen-bond acceptors (Lipinski definition) is 5. The van der Waals surface area contributed by atoms with E-state index >= 15 is 0 Å². The summed E-state index contributed by atoms with van der Waals surface area (Å²) in [5.74, 6) is -0.320. The number of rotatable bonds is 9. The third kappa shape index (κ3) is 11.4. The molecule has 0 aliphatic carbocycles. The maximum absolute atomic E-state index is 11.1. The molecule has 17 heavy (non-hydrogen) atoms. The number of amides is 1. The highest BCUT2D eigenvalue weighted by molar-refractivity contribution is 5.85. The van der Waals surface area contributed by atoms with Crippen LogP contribution in [0.4, 0.5) is 0 Å². The van der Waals surface area contributed by atoms with Gasteiger partial charge in [0.05, 0.1) is 12.7 Å². The number of halogens is 1. The number of unbranched alkanes of at least 4 members (excludes halogenated alkanes) is 1. The van der Waals surface area contributed by atoms with Gasteiger partial charge in [0.1, 0.15) is 6.04 Å². The van der Waals surface area contributed by atoms with E-state index in [0.717, 1.165) is 19.4 Å². The van der Waals surface area contributed by atoms with Crippen molar-refractivity contribution in [1.82, 2.24) is 10.6 Å². The number of aliphatic hydroxyl groups is 1. The Morgan fingerprint density at radius 1 is 1.35 bits per heavy atom. The Morgan fingerprint density at radius 3 is 2.59 bits per heavy atom. The standard InChI is InChI=1S/C10H20N4O2.ClH/c11-4-3-6-13-5-1-2-7-14-10(16)9(12)8-15;/h9,13,15H,1-3,5-8,12H2,(H,14,16);1H/t9-;/m0./s1. The summed E-state index contributed by atoms with van der Waals surface area (Å²) >= 11 is 0. The average molecular weight is 265 g/mol. The third-order valence-electron chi connectivity index (χ3n) is 2.03. The normalized spacial score (nSPS) is 11.1. The first-order chi connectivity index (χ1) is 7.72. The number of nitrogens with zero attached hydrogens (tertiary/aromatic N) is 1. The zero-order valence-electron chi connectivity index (χ0n) is 9.82. The number of nitrogens with one attached hydrogen (secondary N) is 2. The van der Waals surface area contributed by atoms with E-state index in [9.17, 15) is 4.79 Å². The van der Waals surface area contributed by atoms with Crippen molar-refractivity contribution in [2.75, 3.05) is 26.2 Å². The van der Waals surface area contributed by atoms with Gasteiger partial charge >= 0.3 is 0 Å². The smallest absolute Gasteiger partial charge is 0.239 e. The van der Waals surface area contributed by atoms with Gasteiger partial charge in [0.25, 0.3) is 0 Å². The van der Waals surface area contributed by atoms with Crippen molar-refractivity contribution in [3.63, 3.8) is 0 Å². The molecule has 0 radical (unpaired) electrons. The summed E-state index contributed by atoms with van der Waals surface area (Å²) in [5.41, 5.74) is 5.31. The van der Waals surface area contributed by atoms with E-state index < -0.39 is 6.04 Å². The number of carbonyl (C=O) groups is 1. The minimum atomic E-state index is -0.825. The molecule has 0 saturated heterocycles. The second-order valence-electron chi connectivity index (χ2n) is 3.45. The van der Waals surface area contributed by atoms with Crippen LogP contribution in [-0.4, -0.2) is 43.3 Å². The van der Waals surface area contributed by atoms with Crippen molar-refractivity contribution < 1.29 is 9.90 Å². The predicted molar refractivity (Wildman–Crippen MR) is 67.7 cm³/mol. The third-order valence-corrected chi connectivity index (χ3v) is 2.03. The Hall–Kier alpha value is -0.870. The first-order valence-electron chi connectivity index (χ1n) is 5.44. The molecular formula is C10H21ClN4O2. The SMILES string of the molecule is Cl.N#CCCNCCCCNC(=O)[C@@H](N)CO. The summed E-state index contributed by atoms with van der Waals surface area (Å²) in [5, 5.41) is 22.6. The second-order valence-corrected chi connectivity index (χ2v) is 3.45. The van der Waals surface area contributed by atoms with Crippen LogP contribution in [0, 0.1) is 11.3 Å². The lowest BCUT2D eigenvalue weighted by atomic mass is 10.2. The van der Waals surface area contributed by atoms with E-state index in [2.05, 4.69) is 10.6 Å². The topological polar surface area (TPSA) is 111 Å². The van der Waals surface area contributed by atoms with Crippen molar-refractivity contribution in [3.05, 3.63) is 0 Å². The fourth-order valence-electron chi connectivity index (χ4n) is 1.07. The van der Waals surface area contributed by atoms with Crippen LogP contribution in [0.5, 0.6) is 0 Å². The monoisotopic (exact) mass is 264 g/mol. The number of hydrogen-bond donors (Lipinski definition) is 4. The second kappa shape index (κ2) is 13.2.